The van der Waals surface area contributed by atoms with Crippen molar-refractivity contribution in [2.24, 2.45) is 0 Å². The third kappa shape index (κ3) is 5.11. The minimum Gasteiger partial charge on any atom is -0.545 e. The van der Waals surface area contributed by atoms with Gasteiger partial charge in [-0.2, -0.15) is 0 Å². The predicted octanol–water partition coefficient (Wildman–Crippen LogP) is 0.947. The van der Waals surface area contributed by atoms with Gasteiger partial charge in [-0.1, -0.05) is 6.08 Å². The van der Waals surface area contributed by atoms with Crippen molar-refractivity contribution < 1.29 is 23.5 Å². The first kappa shape index (κ1) is 14.4. The summed E-state index contributed by atoms with van der Waals surface area (Å²) >= 11 is 0. The topological polar surface area (TPSA) is 75.7 Å². The minimum atomic E-state index is -3.24. The zero-order chi connectivity index (χ0) is 11.9. The molecule has 15 heavy (non-hydrogen) atoms. The van der Waals surface area contributed by atoms with Gasteiger partial charge in [0.25, 0.3) is 0 Å². The average molecular weight is 235 g/mol. The van der Waals surface area contributed by atoms with E-state index in [1.165, 1.54) is 6.08 Å². The van der Waals surface area contributed by atoms with Crippen molar-refractivity contribution in [1.29, 1.82) is 0 Å². The van der Waals surface area contributed by atoms with Gasteiger partial charge in [-0.05, 0) is 26.8 Å². The molecule has 0 aromatic rings. The van der Waals surface area contributed by atoms with Gasteiger partial charge in [0.2, 0.25) is 0 Å². The molecule has 0 heterocycles. The Hall–Kier alpha value is -0.640. The van der Waals surface area contributed by atoms with E-state index in [4.69, 9.17) is 9.05 Å². The molecule has 0 aliphatic heterocycles. The van der Waals surface area contributed by atoms with E-state index in [1.807, 2.05) is 0 Å². The van der Waals surface area contributed by atoms with Gasteiger partial charge in [0.05, 0.1) is 24.8 Å². The van der Waals surface area contributed by atoms with Crippen LogP contribution in [0.15, 0.2) is 12.2 Å². The maximum atomic E-state index is 12.0. The van der Waals surface area contributed by atoms with E-state index in [-0.39, 0.29) is 13.2 Å². The minimum absolute atomic E-state index is 0.251. The van der Waals surface area contributed by atoms with Gasteiger partial charge in [0.1, 0.15) is 0 Å². The standard InChI is InChI=1S/C9H17O5P/c1-4-13-15(12,14-5-2)8(3)6-7-9(10)11/h6-8H,4-5H2,1-3H3,(H,10,11)/p-1/b7-6+. The molecule has 0 aliphatic carbocycles. The van der Waals surface area contributed by atoms with E-state index in [0.29, 0.717) is 0 Å². The summed E-state index contributed by atoms with van der Waals surface area (Å²) in [5, 5.41) is 10.2. The fraction of sp³-hybridized carbons (Fsp3) is 0.667. The zero-order valence-corrected chi connectivity index (χ0v) is 10.0. The van der Waals surface area contributed by atoms with Gasteiger partial charge < -0.3 is 18.9 Å². The zero-order valence-electron chi connectivity index (χ0n) is 9.13. The smallest absolute Gasteiger partial charge is 0.337 e. The Bertz CT molecular complexity index is 264. The predicted molar refractivity (Wildman–Crippen MR) is 54.5 cm³/mol. The van der Waals surface area contributed by atoms with Crippen molar-refractivity contribution in [2.45, 2.75) is 26.4 Å². The molecule has 88 valence electrons. The van der Waals surface area contributed by atoms with E-state index in [9.17, 15) is 14.5 Å². The molecule has 1 unspecified atom stereocenters. The van der Waals surface area contributed by atoms with Crippen molar-refractivity contribution >= 4 is 13.6 Å². The van der Waals surface area contributed by atoms with Crippen LogP contribution in [0.4, 0.5) is 0 Å². The van der Waals surface area contributed by atoms with Crippen molar-refractivity contribution in [2.75, 3.05) is 13.2 Å². The summed E-state index contributed by atoms with van der Waals surface area (Å²) < 4.78 is 22.1. The average Bonchev–Trinajstić information content (AvgIpc) is 2.14. The third-order valence-corrected chi connectivity index (χ3v) is 4.03. The quantitative estimate of drug-likeness (QED) is 0.485. The normalized spacial score (nSPS) is 14.3. The van der Waals surface area contributed by atoms with Crippen LogP contribution in [0.25, 0.3) is 0 Å². The molecule has 1 atom stereocenters. The highest BCUT2D eigenvalue weighted by Gasteiger charge is 2.29. The van der Waals surface area contributed by atoms with E-state index in [1.54, 1.807) is 20.8 Å². The van der Waals surface area contributed by atoms with Crippen LogP contribution < -0.4 is 5.11 Å². The van der Waals surface area contributed by atoms with Crippen LogP contribution in [0.2, 0.25) is 0 Å². The number of carboxylic acid groups (broad SMARTS) is 1. The van der Waals surface area contributed by atoms with Crippen LogP contribution in [0.3, 0.4) is 0 Å². The molecule has 6 heteroatoms. The van der Waals surface area contributed by atoms with E-state index >= 15 is 0 Å². The lowest BCUT2D eigenvalue weighted by Crippen LogP contribution is -2.19. The molecule has 0 saturated heterocycles. The number of rotatable bonds is 7. The van der Waals surface area contributed by atoms with Crippen LogP contribution in [-0.4, -0.2) is 24.8 Å². The molecule has 0 aromatic heterocycles. The number of hydrogen-bond acceptors (Lipinski definition) is 5. The molecule has 0 N–H and O–H groups in total. The van der Waals surface area contributed by atoms with Crippen LogP contribution >= 0.6 is 7.60 Å². The Morgan fingerprint density at radius 3 is 2.20 bits per heavy atom. The summed E-state index contributed by atoms with van der Waals surface area (Å²) in [6.45, 7) is 5.47. The number of allylic oxidation sites excluding steroid dienone is 1. The molecule has 0 aliphatic rings. The second-order valence-electron chi connectivity index (χ2n) is 2.79. The van der Waals surface area contributed by atoms with Gasteiger partial charge in [0, 0.05) is 0 Å². The van der Waals surface area contributed by atoms with Gasteiger partial charge >= 0.3 is 7.60 Å². The SMILES string of the molecule is CCOP(=O)(OCC)C(C)/C=C/C(=O)[O-]. The lowest BCUT2D eigenvalue weighted by Gasteiger charge is -2.20. The van der Waals surface area contributed by atoms with E-state index in [0.717, 1.165) is 6.08 Å². The van der Waals surface area contributed by atoms with Gasteiger partial charge in [-0.15, -0.1) is 0 Å². The largest absolute Gasteiger partial charge is 0.545 e. The van der Waals surface area contributed by atoms with Crippen molar-refractivity contribution in [3.8, 4) is 0 Å². The molecule has 0 fully saturated rings. The summed E-state index contributed by atoms with van der Waals surface area (Å²) in [5.74, 6) is -1.33. The van der Waals surface area contributed by atoms with Crippen molar-refractivity contribution in [1.82, 2.24) is 0 Å². The highest BCUT2D eigenvalue weighted by molar-refractivity contribution is 7.54. The van der Waals surface area contributed by atoms with Crippen molar-refractivity contribution in [3.63, 3.8) is 0 Å². The molecule has 0 bridgehead atoms. The highest BCUT2D eigenvalue weighted by Crippen LogP contribution is 2.53. The first-order chi connectivity index (χ1) is 6.96. The maximum absolute atomic E-state index is 12.0. The summed E-state index contributed by atoms with van der Waals surface area (Å²) in [6.07, 6.45) is 2.08. The first-order valence-corrected chi connectivity index (χ1v) is 6.35. The second kappa shape index (κ2) is 6.77. The molecule has 0 radical (unpaired) electrons. The Kier molecular flexibility index (Phi) is 6.48. The van der Waals surface area contributed by atoms with E-state index < -0.39 is 19.2 Å². The number of carbonyl (C=O) groups excluding carboxylic acids is 1. The molecule has 0 saturated carbocycles. The number of carbonyl (C=O) groups is 1. The Morgan fingerprint density at radius 1 is 1.40 bits per heavy atom. The monoisotopic (exact) mass is 235 g/mol. The van der Waals surface area contributed by atoms with E-state index in [2.05, 4.69) is 0 Å². The Balaban J connectivity index is 4.61. The first-order valence-electron chi connectivity index (χ1n) is 4.74. The van der Waals surface area contributed by atoms with Crippen LogP contribution in [0, 0.1) is 0 Å². The molecule has 5 nitrogen and oxygen atoms in total. The molecule has 0 spiro atoms. The molecular formula is C9H16O5P-. The lowest BCUT2D eigenvalue weighted by atomic mass is 10.4. The summed E-state index contributed by atoms with van der Waals surface area (Å²) in [4.78, 5) is 10.2. The van der Waals surface area contributed by atoms with Gasteiger partial charge in [0.15, 0.2) is 0 Å². The van der Waals surface area contributed by atoms with Crippen molar-refractivity contribution in [3.05, 3.63) is 12.2 Å². The number of carboxylic acids is 1. The maximum Gasteiger partial charge on any atom is 0.337 e. The summed E-state index contributed by atoms with van der Waals surface area (Å²) in [7, 11) is -3.24. The van der Waals surface area contributed by atoms with Crippen LogP contribution in [0.5, 0.6) is 0 Å². The molecule has 0 aromatic carbocycles. The molecular weight excluding hydrogens is 219 g/mol. The van der Waals surface area contributed by atoms with Crippen LogP contribution in [-0.2, 0) is 18.4 Å². The fourth-order valence-corrected chi connectivity index (χ4v) is 2.52. The Labute approximate surface area is 89.6 Å². The fourth-order valence-electron chi connectivity index (χ4n) is 0.956. The summed E-state index contributed by atoms with van der Waals surface area (Å²) in [6, 6.07) is 0. The highest BCUT2D eigenvalue weighted by atomic mass is 31.2. The molecule has 0 amide bonds. The third-order valence-electron chi connectivity index (χ3n) is 1.63. The molecule has 0 rings (SSSR count). The second-order valence-corrected chi connectivity index (χ2v) is 5.20. The number of aliphatic carboxylic acids is 1. The van der Waals surface area contributed by atoms with Gasteiger partial charge in [-0.25, -0.2) is 0 Å². The number of hydrogen-bond donors (Lipinski definition) is 0. The summed E-state index contributed by atoms with van der Waals surface area (Å²) in [5.41, 5.74) is -0.602. The lowest BCUT2D eigenvalue weighted by molar-refractivity contribution is -0.297. The van der Waals surface area contributed by atoms with Crippen LogP contribution in [0.1, 0.15) is 20.8 Å². The Morgan fingerprint density at radius 2 is 1.87 bits per heavy atom. The van der Waals surface area contributed by atoms with Gasteiger partial charge in [-0.3, -0.25) is 4.57 Å².